The lowest BCUT2D eigenvalue weighted by atomic mass is 9.58. The number of hydrogen-bond acceptors (Lipinski definition) is 12. The molecule has 0 aromatic heterocycles. The molecule has 3 saturated heterocycles. The Hall–Kier alpha value is -3.08. The summed E-state index contributed by atoms with van der Waals surface area (Å²) >= 11 is 0. The molecule has 7 N–H and O–H groups in total. The molecule has 9 rings (SSSR count). The van der Waals surface area contributed by atoms with Crippen molar-refractivity contribution in [3.05, 3.63) is 23.3 Å². The van der Waals surface area contributed by atoms with E-state index in [4.69, 9.17) is 20.2 Å². The molecule has 0 amide bonds. The number of hydrogen-bond donors (Lipinski definition) is 6. The molecule has 6 heterocycles. The van der Waals surface area contributed by atoms with Crippen molar-refractivity contribution in [2.24, 2.45) is 45.2 Å². The largest absolute Gasteiger partial charge is 0.504 e. The summed E-state index contributed by atoms with van der Waals surface area (Å²) in [4.78, 5) is 22.9. The Bertz CT molecular complexity index is 1640. The van der Waals surface area contributed by atoms with Gasteiger partial charge in [-0.25, -0.2) is 4.99 Å². The Labute approximate surface area is 333 Å². The molecular weight excluding hydrogens is 709 g/mol. The van der Waals surface area contributed by atoms with Crippen LogP contribution in [-0.4, -0.2) is 114 Å². The SMILES string of the molecule is CC(=O)OC1CC(O)CCC2(C#CC3CCCC4CC(CCN4)Oc4cc(c(CO)cc4O)CC31)CNC(N)=NCN1CC3CC(C1)CN(C3)CC21CCCC1. The maximum atomic E-state index is 12.8. The van der Waals surface area contributed by atoms with Crippen molar-refractivity contribution in [1.29, 1.82) is 0 Å². The molecule has 12 heteroatoms. The van der Waals surface area contributed by atoms with Gasteiger partial charge >= 0.3 is 5.97 Å². The molecule has 308 valence electrons. The summed E-state index contributed by atoms with van der Waals surface area (Å²) in [5, 5.41) is 41.0. The van der Waals surface area contributed by atoms with Gasteiger partial charge in [0.15, 0.2) is 17.5 Å². The molecule has 1 saturated carbocycles. The van der Waals surface area contributed by atoms with E-state index in [9.17, 15) is 20.1 Å². The van der Waals surface area contributed by atoms with Gasteiger partial charge in [0.05, 0.1) is 24.8 Å². The minimum absolute atomic E-state index is 0.0174. The van der Waals surface area contributed by atoms with Crippen LogP contribution in [0.15, 0.2) is 17.1 Å². The van der Waals surface area contributed by atoms with Crippen LogP contribution in [0.4, 0.5) is 0 Å². The minimum atomic E-state index is -0.714. The monoisotopic (exact) mass is 775 g/mol. The van der Waals surface area contributed by atoms with Gasteiger partial charge in [-0.1, -0.05) is 31.1 Å². The first kappa shape index (κ1) is 39.7. The first-order valence-electron chi connectivity index (χ1n) is 21.8. The van der Waals surface area contributed by atoms with Gasteiger partial charge < -0.3 is 46.1 Å². The van der Waals surface area contributed by atoms with Gasteiger partial charge in [-0.15, -0.1) is 0 Å². The summed E-state index contributed by atoms with van der Waals surface area (Å²) in [5.74, 6) is 9.39. The molecule has 1 aromatic carbocycles. The lowest BCUT2D eigenvalue weighted by Crippen LogP contribution is -2.57. The normalized spacial score (nSPS) is 38.6. The number of carbonyl (C=O) groups excluding carboxylic acids is 1. The molecule has 0 radical (unpaired) electrons. The molecule has 1 aromatic rings. The first-order valence-corrected chi connectivity index (χ1v) is 21.8. The second kappa shape index (κ2) is 17.0. The minimum Gasteiger partial charge on any atom is -0.504 e. The number of phenols is 1. The summed E-state index contributed by atoms with van der Waals surface area (Å²) in [6, 6.07) is 3.77. The number of aliphatic imine (C=N–C) groups is 1. The third-order valence-electron chi connectivity index (χ3n) is 14.8. The van der Waals surface area contributed by atoms with Crippen molar-refractivity contribution in [2.75, 3.05) is 52.5 Å². The summed E-state index contributed by atoms with van der Waals surface area (Å²) in [6.45, 7) is 8.52. The van der Waals surface area contributed by atoms with E-state index in [-0.39, 0.29) is 47.7 Å². The van der Waals surface area contributed by atoms with Crippen LogP contribution in [0.2, 0.25) is 0 Å². The Balaban J connectivity index is 1.25. The van der Waals surface area contributed by atoms with E-state index in [1.54, 1.807) is 6.07 Å². The van der Waals surface area contributed by atoms with E-state index in [2.05, 4.69) is 32.3 Å². The lowest BCUT2D eigenvalue weighted by Gasteiger charge is -2.52. The molecule has 8 bridgehead atoms. The number of aliphatic hydroxyl groups excluding tert-OH is 2. The number of nitrogens with two attached hydrogens (primary N) is 1. The molecule has 9 unspecified atom stereocenters. The smallest absolute Gasteiger partial charge is 0.302 e. The number of benzene rings is 1. The number of nitrogens with one attached hydrogen (secondary N) is 2. The zero-order chi connectivity index (χ0) is 38.9. The first-order chi connectivity index (χ1) is 27.1. The molecule has 56 heavy (non-hydrogen) atoms. The zero-order valence-electron chi connectivity index (χ0n) is 33.5. The van der Waals surface area contributed by atoms with Crippen LogP contribution < -0.4 is 21.1 Å². The van der Waals surface area contributed by atoms with Crippen LogP contribution in [-0.2, 0) is 22.6 Å². The van der Waals surface area contributed by atoms with E-state index in [0.29, 0.717) is 68.0 Å². The number of rotatable bonds is 2. The number of esters is 1. The molecule has 2 aliphatic carbocycles. The Kier molecular flexibility index (Phi) is 12.1. The van der Waals surface area contributed by atoms with Crippen molar-refractivity contribution in [1.82, 2.24) is 20.4 Å². The number of piperidine rings is 3. The highest BCUT2D eigenvalue weighted by Gasteiger charge is 2.54. The quantitative estimate of drug-likeness (QED) is 0.193. The maximum absolute atomic E-state index is 12.8. The predicted octanol–water partition coefficient (Wildman–Crippen LogP) is 3.50. The lowest BCUT2D eigenvalue weighted by molar-refractivity contribution is -0.152. The molecule has 6 aliphatic heterocycles. The van der Waals surface area contributed by atoms with Gasteiger partial charge in [-0.05, 0) is 106 Å². The molecule has 8 aliphatic rings. The number of guanidine groups is 1. The number of nitrogens with zero attached hydrogens (tertiary/aromatic N) is 3. The van der Waals surface area contributed by atoms with E-state index in [1.165, 1.54) is 13.3 Å². The fourth-order valence-electron chi connectivity index (χ4n) is 12.1. The topological polar surface area (TPSA) is 165 Å². The molecule has 2 spiro atoms. The molecule has 12 nitrogen and oxygen atoms in total. The fourth-order valence-corrected chi connectivity index (χ4v) is 12.1. The van der Waals surface area contributed by atoms with Crippen LogP contribution in [0, 0.1) is 46.3 Å². The van der Waals surface area contributed by atoms with Gasteiger partial charge in [-0.2, -0.15) is 0 Å². The summed E-state index contributed by atoms with van der Waals surface area (Å²) in [7, 11) is 0. The van der Waals surface area contributed by atoms with E-state index in [0.717, 1.165) is 103 Å². The van der Waals surface area contributed by atoms with Crippen molar-refractivity contribution in [3.63, 3.8) is 0 Å². The highest BCUT2D eigenvalue weighted by Crippen LogP contribution is 2.55. The maximum Gasteiger partial charge on any atom is 0.302 e. The highest BCUT2D eigenvalue weighted by atomic mass is 16.5. The van der Waals surface area contributed by atoms with E-state index < -0.39 is 17.6 Å². The predicted molar refractivity (Wildman–Crippen MR) is 215 cm³/mol. The number of ether oxygens (including phenoxy) is 2. The zero-order valence-corrected chi connectivity index (χ0v) is 33.5. The third-order valence-corrected chi connectivity index (χ3v) is 14.8. The third kappa shape index (κ3) is 8.68. The highest BCUT2D eigenvalue weighted by molar-refractivity contribution is 5.77. The number of aromatic hydroxyl groups is 1. The van der Waals surface area contributed by atoms with Crippen LogP contribution in [0.25, 0.3) is 0 Å². The van der Waals surface area contributed by atoms with Crippen LogP contribution in [0.1, 0.15) is 102 Å². The van der Waals surface area contributed by atoms with Crippen molar-refractivity contribution >= 4 is 11.9 Å². The van der Waals surface area contributed by atoms with Gasteiger partial charge in [0.25, 0.3) is 0 Å². The molecule has 9 atom stereocenters. The Morgan fingerprint density at radius 1 is 1.04 bits per heavy atom. The summed E-state index contributed by atoms with van der Waals surface area (Å²) < 4.78 is 12.7. The Morgan fingerprint density at radius 3 is 2.59 bits per heavy atom. The molecular formula is C44H66N6O6. The Morgan fingerprint density at radius 2 is 1.82 bits per heavy atom. The van der Waals surface area contributed by atoms with Crippen molar-refractivity contribution in [2.45, 2.75) is 128 Å². The molecule has 4 fully saturated rings. The van der Waals surface area contributed by atoms with Gasteiger partial charge in [0.1, 0.15) is 12.2 Å². The van der Waals surface area contributed by atoms with E-state index in [1.807, 2.05) is 6.07 Å². The summed E-state index contributed by atoms with van der Waals surface area (Å²) in [6.07, 6.45) is 10.8. The summed E-state index contributed by atoms with van der Waals surface area (Å²) in [5.41, 5.74) is 7.57. The van der Waals surface area contributed by atoms with Crippen molar-refractivity contribution in [3.8, 4) is 23.3 Å². The second-order valence-electron chi connectivity index (χ2n) is 18.7. The average molecular weight is 775 g/mol. The number of phenolic OH excluding ortho intramolecular Hbond substituents is 1. The fraction of sp³-hybridized carbons (Fsp3) is 0.773. The standard InChI is InChI=1S/C44H66N6O6/c1-29(52)55-40-20-36(53)8-13-43(26-47-42(45)48-28-50-23-30-15-31(24-50)22-49(21-30)27-44(43)10-2-3-11-44)12-7-32-5-4-6-35-19-37(9-14-46-35)56-41-18-33(16-38(32)40)34(25-51)17-39(41)54/h17-18,30-32,35-38,40,46,51,53-54H,2-6,8-11,13-16,19-28H2,1H3,(H3,45,47,48). The van der Waals surface area contributed by atoms with Crippen molar-refractivity contribution < 1.29 is 29.6 Å². The van der Waals surface area contributed by atoms with Crippen LogP contribution in [0.5, 0.6) is 11.5 Å². The number of fused-ring (bicyclic) bond motifs is 8. The number of aliphatic hydroxyl groups is 2. The average Bonchev–Trinajstić information content (AvgIpc) is 3.65. The number of carbonyl (C=O) groups is 1. The van der Waals surface area contributed by atoms with Gasteiger partial charge in [0, 0.05) is 75.9 Å². The van der Waals surface area contributed by atoms with Crippen LogP contribution in [0.3, 0.4) is 0 Å². The van der Waals surface area contributed by atoms with E-state index >= 15 is 0 Å². The van der Waals surface area contributed by atoms with Gasteiger partial charge in [0.2, 0.25) is 0 Å². The van der Waals surface area contributed by atoms with Gasteiger partial charge in [-0.3, -0.25) is 9.69 Å². The van der Waals surface area contributed by atoms with Crippen LogP contribution >= 0.6 is 0 Å². The second-order valence-corrected chi connectivity index (χ2v) is 18.7.